The largest absolute Gasteiger partial charge is 0.497 e. The minimum absolute atomic E-state index is 0.0816. The van der Waals surface area contributed by atoms with Crippen LogP contribution in [0.5, 0.6) is 5.75 Å². The molecule has 0 aromatic heterocycles. The Hall–Kier alpha value is -3.40. The number of imide groups is 1. The Morgan fingerprint density at radius 1 is 1.16 bits per heavy atom. The lowest BCUT2D eigenvalue weighted by atomic mass is 10.0. The molecule has 0 radical (unpaired) electrons. The molecule has 4 rings (SSSR count). The number of sulfonamides is 1. The summed E-state index contributed by atoms with van der Waals surface area (Å²) in [6, 6.07) is 10.8. The summed E-state index contributed by atoms with van der Waals surface area (Å²) in [5, 5.41) is 2.25. The summed E-state index contributed by atoms with van der Waals surface area (Å²) in [6.45, 7) is 0.0816. The Balaban J connectivity index is 1.55. The molecule has 31 heavy (non-hydrogen) atoms. The molecule has 2 aromatic rings. The van der Waals surface area contributed by atoms with Gasteiger partial charge in [-0.25, -0.2) is 8.42 Å². The maximum Gasteiger partial charge on any atom is 0.255 e. The molecule has 0 spiro atoms. The van der Waals surface area contributed by atoms with Crippen LogP contribution in [0.1, 0.15) is 34.3 Å². The predicted octanol–water partition coefficient (Wildman–Crippen LogP) is 1.40. The lowest BCUT2D eigenvalue weighted by Crippen LogP contribution is -2.52. The lowest BCUT2D eigenvalue weighted by Gasteiger charge is -2.29. The number of benzene rings is 2. The van der Waals surface area contributed by atoms with Gasteiger partial charge < -0.3 is 9.64 Å². The third kappa shape index (κ3) is 4.24. The Bertz CT molecular complexity index is 1180. The molecule has 162 valence electrons. The first-order valence-corrected chi connectivity index (χ1v) is 11.3. The van der Waals surface area contributed by atoms with Crippen molar-refractivity contribution in [3.8, 4) is 5.75 Å². The molecular weight excluding hydrogens is 422 g/mol. The van der Waals surface area contributed by atoms with E-state index in [0.29, 0.717) is 28.1 Å². The van der Waals surface area contributed by atoms with Crippen LogP contribution in [0.15, 0.2) is 42.5 Å². The number of fused-ring (bicyclic) bond motifs is 1. The minimum Gasteiger partial charge on any atom is -0.497 e. The highest BCUT2D eigenvalue weighted by atomic mass is 32.2. The fourth-order valence-corrected chi connectivity index (χ4v) is 5.08. The minimum atomic E-state index is -3.77. The molecule has 9 nitrogen and oxygen atoms in total. The van der Waals surface area contributed by atoms with Gasteiger partial charge in [-0.15, -0.1) is 0 Å². The van der Waals surface area contributed by atoms with E-state index in [1.165, 1.54) is 12.0 Å². The molecule has 0 saturated carbocycles. The topological polar surface area (TPSA) is 122 Å². The summed E-state index contributed by atoms with van der Waals surface area (Å²) < 4.78 is 33.2. The number of methoxy groups -OCH3 is 1. The highest BCUT2D eigenvalue weighted by molar-refractivity contribution is 7.91. The molecule has 2 heterocycles. The van der Waals surface area contributed by atoms with E-state index in [9.17, 15) is 22.8 Å². The van der Waals surface area contributed by atoms with Gasteiger partial charge in [0.05, 0.1) is 18.6 Å². The molecule has 3 amide bonds. The molecule has 1 saturated heterocycles. The molecule has 0 bridgehead atoms. The van der Waals surface area contributed by atoms with Crippen molar-refractivity contribution in [2.24, 2.45) is 0 Å². The van der Waals surface area contributed by atoms with Crippen molar-refractivity contribution < 1.29 is 27.5 Å². The summed E-state index contributed by atoms with van der Waals surface area (Å²) in [7, 11) is -2.27. The Kier molecular flexibility index (Phi) is 5.40. The number of hydrogen-bond acceptors (Lipinski definition) is 6. The molecule has 2 aliphatic heterocycles. The smallest absolute Gasteiger partial charge is 0.255 e. The van der Waals surface area contributed by atoms with E-state index in [4.69, 9.17) is 4.74 Å². The van der Waals surface area contributed by atoms with Gasteiger partial charge in [-0.3, -0.25) is 24.4 Å². The first-order chi connectivity index (χ1) is 14.8. The maximum absolute atomic E-state index is 12.9. The Labute approximate surface area is 179 Å². The average molecular weight is 443 g/mol. The molecule has 2 aliphatic rings. The van der Waals surface area contributed by atoms with Gasteiger partial charge in [0.25, 0.3) is 5.91 Å². The molecular formula is C21H21N3O6S. The van der Waals surface area contributed by atoms with Gasteiger partial charge in [0.2, 0.25) is 21.8 Å². The van der Waals surface area contributed by atoms with Gasteiger partial charge >= 0.3 is 0 Å². The number of carbonyl (C=O) groups excluding carboxylic acids is 3. The van der Waals surface area contributed by atoms with Crippen LogP contribution in [0.25, 0.3) is 0 Å². The van der Waals surface area contributed by atoms with Crippen LogP contribution in [0.2, 0.25) is 0 Å². The Morgan fingerprint density at radius 2 is 1.94 bits per heavy atom. The van der Waals surface area contributed by atoms with Crippen molar-refractivity contribution in [2.75, 3.05) is 11.8 Å². The van der Waals surface area contributed by atoms with Crippen molar-refractivity contribution in [3.05, 3.63) is 59.2 Å². The molecule has 2 N–H and O–H groups in total. The van der Waals surface area contributed by atoms with E-state index in [1.807, 2.05) is 0 Å². The monoisotopic (exact) mass is 443 g/mol. The average Bonchev–Trinajstić information content (AvgIpc) is 3.05. The van der Waals surface area contributed by atoms with Gasteiger partial charge in [-0.1, -0.05) is 18.2 Å². The van der Waals surface area contributed by atoms with Gasteiger partial charge in [0, 0.05) is 24.1 Å². The second-order valence-electron chi connectivity index (χ2n) is 7.44. The maximum atomic E-state index is 12.9. The standard InChI is InChI=1S/C21H21N3O6S/c1-30-14-5-2-4-13(10-14)12-31(28,29)23-17-7-3-6-15-16(17)11-24(21(15)27)18-8-9-19(25)22-20(18)26/h2-7,10,18,23H,8-9,11-12H2,1H3,(H,22,25,26). The summed E-state index contributed by atoms with van der Waals surface area (Å²) in [6.07, 6.45) is 0.387. The van der Waals surface area contributed by atoms with Crippen molar-refractivity contribution in [1.29, 1.82) is 0 Å². The second-order valence-corrected chi connectivity index (χ2v) is 9.17. The van der Waals surface area contributed by atoms with Crippen LogP contribution in [0.4, 0.5) is 5.69 Å². The third-order valence-corrected chi connectivity index (χ3v) is 6.58. The zero-order valence-corrected chi connectivity index (χ0v) is 17.6. The number of nitrogens with zero attached hydrogens (tertiary/aromatic N) is 1. The second kappa shape index (κ2) is 8.03. The van der Waals surface area contributed by atoms with Crippen molar-refractivity contribution in [3.63, 3.8) is 0 Å². The quantitative estimate of drug-likeness (QED) is 0.651. The van der Waals surface area contributed by atoms with Gasteiger partial charge in [0.1, 0.15) is 11.8 Å². The number of hydrogen-bond donors (Lipinski definition) is 2. The fraction of sp³-hybridized carbons (Fsp3) is 0.286. The summed E-state index contributed by atoms with van der Waals surface area (Å²) in [5.74, 6) is -0.954. The van der Waals surface area contributed by atoms with E-state index in [-0.39, 0.29) is 37.0 Å². The number of ether oxygens (including phenoxy) is 1. The number of carbonyl (C=O) groups is 3. The van der Waals surface area contributed by atoms with E-state index in [1.54, 1.807) is 42.5 Å². The number of rotatable bonds is 6. The highest BCUT2D eigenvalue weighted by Crippen LogP contribution is 2.33. The SMILES string of the molecule is COc1cccc(CS(=O)(=O)Nc2cccc3c2CN(C2CCC(=O)NC2=O)C3=O)c1. The summed E-state index contributed by atoms with van der Waals surface area (Å²) in [5.41, 5.74) is 1.70. The van der Waals surface area contributed by atoms with E-state index in [2.05, 4.69) is 10.0 Å². The zero-order chi connectivity index (χ0) is 22.2. The van der Waals surface area contributed by atoms with Crippen LogP contribution < -0.4 is 14.8 Å². The number of piperidine rings is 1. The zero-order valence-electron chi connectivity index (χ0n) is 16.8. The summed E-state index contributed by atoms with van der Waals surface area (Å²) >= 11 is 0. The van der Waals surface area contributed by atoms with Crippen molar-refractivity contribution >= 4 is 33.4 Å². The molecule has 1 fully saturated rings. The number of anilines is 1. The van der Waals surface area contributed by atoms with Crippen LogP contribution in [-0.2, 0) is 31.9 Å². The first kappa shape index (κ1) is 20.9. The molecule has 10 heteroatoms. The lowest BCUT2D eigenvalue weighted by molar-refractivity contribution is -0.136. The third-order valence-electron chi connectivity index (χ3n) is 5.34. The van der Waals surface area contributed by atoms with E-state index in [0.717, 1.165) is 0 Å². The van der Waals surface area contributed by atoms with Gasteiger partial charge in [0.15, 0.2) is 0 Å². The van der Waals surface area contributed by atoms with E-state index < -0.39 is 22.0 Å². The van der Waals surface area contributed by atoms with Crippen molar-refractivity contribution in [2.45, 2.75) is 31.2 Å². The fourth-order valence-electron chi connectivity index (χ4n) is 3.87. The van der Waals surface area contributed by atoms with Crippen LogP contribution >= 0.6 is 0 Å². The van der Waals surface area contributed by atoms with Crippen LogP contribution in [0.3, 0.4) is 0 Å². The normalized spacial score (nSPS) is 18.5. The molecule has 1 unspecified atom stereocenters. The highest BCUT2D eigenvalue weighted by Gasteiger charge is 2.40. The van der Waals surface area contributed by atoms with E-state index >= 15 is 0 Å². The van der Waals surface area contributed by atoms with Crippen LogP contribution in [0, 0.1) is 0 Å². The van der Waals surface area contributed by atoms with Gasteiger partial charge in [-0.05, 0) is 36.2 Å². The van der Waals surface area contributed by atoms with Crippen LogP contribution in [-0.4, -0.2) is 44.2 Å². The van der Waals surface area contributed by atoms with Crippen molar-refractivity contribution in [1.82, 2.24) is 10.2 Å². The predicted molar refractivity (Wildman–Crippen MR) is 112 cm³/mol. The Morgan fingerprint density at radius 3 is 2.68 bits per heavy atom. The number of nitrogens with one attached hydrogen (secondary N) is 2. The molecule has 2 aromatic carbocycles. The molecule has 1 atom stereocenters. The number of amides is 3. The molecule has 0 aliphatic carbocycles. The van der Waals surface area contributed by atoms with Gasteiger partial charge in [-0.2, -0.15) is 0 Å². The first-order valence-electron chi connectivity index (χ1n) is 9.67. The summed E-state index contributed by atoms with van der Waals surface area (Å²) in [4.78, 5) is 37.9.